The van der Waals surface area contributed by atoms with Crippen LogP contribution in [0.2, 0.25) is 0 Å². The average Bonchev–Trinajstić information content (AvgIpc) is 2.74. The van der Waals surface area contributed by atoms with Gasteiger partial charge in [-0.1, -0.05) is 6.92 Å². The summed E-state index contributed by atoms with van der Waals surface area (Å²) < 4.78 is 37.7. The fraction of sp³-hybridized carbons (Fsp3) is 0.600. The molecule has 0 bridgehead atoms. The number of benzene rings is 1. The third-order valence-electron chi connectivity index (χ3n) is 3.34. The molecule has 1 aromatic rings. The predicted molar refractivity (Wildman–Crippen MR) is 73.8 cm³/mol. The van der Waals surface area contributed by atoms with Gasteiger partial charge >= 0.3 is 0 Å². The Morgan fingerprint density at radius 2 is 2.15 bits per heavy atom. The quantitative estimate of drug-likeness (QED) is 0.869. The zero-order valence-corrected chi connectivity index (χ0v) is 12.1. The summed E-state index contributed by atoms with van der Waals surface area (Å²) in [5.74, 6) is 1.22. The van der Waals surface area contributed by atoms with Crippen LogP contribution in [0.4, 0.5) is 8.78 Å². The lowest BCUT2D eigenvalue weighted by Crippen LogP contribution is -2.27. The summed E-state index contributed by atoms with van der Waals surface area (Å²) in [7, 11) is 0. The van der Waals surface area contributed by atoms with Crippen LogP contribution in [0.25, 0.3) is 0 Å². The SMILES string of the molecule is CCNC(c1cc2c(cc1OCC)CC(C)O2)C(F)F. The summed E-state index contributed by atoms with van der Waals surface area (Å²) in [6, 6.07) is 2.50. The predicted octanol–water partition coefficient (Wildman–Crippen LogP) is 3.32. The smallest absolute Gasteiger partial charge is 0.257 e. The molecule has 0 aromatic heterocycles. The molecule has 0 amide bonds. The summed E-state index contributed by atoms with van der Waals surface area (Å²) in [4.78, 5) is 0. The van der Waals surface area contributed by atoms with Gasteiger partial charge in [-0.05, 0) is 32.5 Å². The van der Waals surface area contributed by atoms with Crippen LogP contribution in [-0.2, 0) is 6.42 Å². The molecule has 1 heterocycles. The molecule has 112 valence electrons. The first-order chi connectivity index (χ1) is 9.56. The lowest BCUT2D eigenvalue weighted by atomic mass is 10.0. The largest absolute Gasteiger partial charge is 0.494 e. The van der Waals surface area contributed by atoms with Crippen LogP contribution in [-0.4, -0.2) is 25.7 Å². The number of hydrogen-bond donors (Lipinski definition) is 1. The molecule has 1 N–H and O–H groups in total. The number of ether oxygens (including phenoxy) is 2. The van der Waals surface area contributed by atoms with Crippen molar-refractivity contribution in [3.8, 4) is 11.5 Å². The number of halogens is 2. The Labute approximate surface area is 118 Å². The van der Waals surface area contributed by atoms with E-state index in [0.29, 0.717) is 30.2 Å². The van der Waals surface area contributed by atoms with Crippen molar-refractivity contribution in [3.05, 3.63) is 23.3 Å². The number of alkyl halides is 2. The van der Waals surface area contributed by atoms with E-state index in [1.54, 1.807) is 6.07 Å². The lowest BCUT2D eigenvalue weighted by molar-refractivity contribution is 0.0974. The fourth-order valence-electron chi connectivity index (χ4n) is 2.53. The first-order valence-electron chi connectivity index (χ1n) is 7.04. The monoisotopic (exact) mass is 285 g/mol. The van der Waals surface area contributed by atoms with E-state index >= 15 is 0 Å². The molecule has 0 fully saturated rings. The molecular formula is C15H21F2NO2. The standard InChI is InChI=1S/C15H21F2NO2/c1-4-18-14(15(16)17)11-8-12-10(6-9(3)20-12)7-13(11)19-5-2/h7-9,14-15,18H,4-6H2,1-3H3. The molecule has 3 nitrogen and oxygen atoms in total. The van der Waals surface area contributed by atoms with Gasteiger partial charge in [-0.25, -0.2) is 8.78 Å². The lowest BCUT2D eigenvalue weighted by Gasteiger charge is -2.21. The third-order valence-corrected chi connectivity index (χ3v) is 3.34. The first-order valence-corrected chi connectivity index (χ1v) is 7.04. The topological polar surface area (TPSA) is 30.5 Å². The van der Waals surface area contributed by atoms with E-state index in [9.17, 15) is 8.78 Å². The molecule has 2 rings (SSSR count). The number of nitrogens with one attached hydrogen (secondary N) is 1. The minimum atomic E-state index is -2.49. The molecule has 0 aliphatic carbocycles. The Balaban J connectivity index is 2.41. The Hall–Kier alpha value is -1.36. The van der Waals surface area contributed by atoms with Crippen molar-refractivity contribution >= 4 is 0 Å². The normalized spacial score (nSPS) is 18.8. The minimum absolute atomic E-state index is 0.0823. The minimum Gasteiger partial charge on any atom is -0.494 e. The average molecular weight is 285 g/mol. The molecule has 2 unspecified atom stereocenters. The van der Waals surface area contributed by atoms with Crippen molar-refractivity contribution in [3.63, 3.8) is 0 Å². The van der Waals surface area contributed by atoms with E-state index in [1.807, 2.05) is 26.8 Å². The highest BCUT2D eigenvalue weighted by molar-refractivity contribution is 5.50. The molecule has 0 saturated heterocycles. The van der Waals surface area contributed by atoms with Crippen LogP contribution < -0.4 is 14.8 Å². The maximum atomic E-state index is 13.3. The van der Waals surface area contributed by atoms with Crippen molar-refractivity contribution in [2.24, 2.45) is 0 Å². The second kappa shape index (κ2) is 6.39. The Bertz CT molecular complexity index is 465. The molecule has 1 aromatic carbocycles. The van der Waals surface area contributed by atoms with Crippen LogP contribution in [0.1, 0.15) is 37.9 Å². The number of rotatable bonds is 6. The van der Waals surface area contributed by atoms with Crippen LogP contribution in [0.3, 0.4) is 0 Å². The van der Waals surface area contributed by atoms with Gasteiger partial charge in [0.05, 0.1) is 12.6 Å². The highest BCUT2D eigenvalue weighted by Gasteiger charge is 2.29. The maximum absolute atomic E-state index is 13.3. The van der Waals surface area contributed by atoms with Crippen molar-refractivity contribution in [2.75, 3.05) is 13.2 Å². The van der Waals surface area contributed by atoms with Crippen LogP contribution in [0.5, 0.6) is 11.5 Å². The van der Waals surface area contributed by atoms with Gasteiger partial charge in [-0.3, -0.25) is 0 Å². The van der Waals surface area contributed by atoms with Crippen molar-refractivity contribution in [1.29, 1.82) is 0 Å². The van der Waals surface area contributed by atoms with Gasteiger partial charge in [0.15, 0.2) is 0 Å². The molecule has 0 saturated carbocycles. The Morgan fingerprint density at radius 1 is 1.40 bits per heavy atom. The molecular weight excluding hydrogens is 264 g/mol. The molecule has 5 heteroatoms. The molecule has 1 aliphatic heterocycles. The molecule has 2 atom stereocenters. The van der Waals surface area contributed by atoms with Crippen molar-refractivity contribution in [1.82, 2.24) is 5.32 Å². The zero-order chi connectivity index (χ0) is 14.7. The van der Waals surface area contributed by atoms with Crippen LogP contribution in [0, 0.1) is 0 Å². The van der Waals surface area contributed by atoms with E-state index in [2.05, 4.69) is 5.32 Å². The van der Waals surface area contributed by atoms with Gasteiger partial charge in [-0.15, -0.1) is 0 Å². The highest BCUT2D eigenvalue weighted by atomic mass is 19.3. The highest BCUT2D eigenvalue weighted by Crippen LogP contribution is 2.39. The van der Waals surface area contributed by atoms with Gasteiger partial charge in [0, 0.05) is 17.5 Å². The van der Waals surface area contributed by atoms with Crippen molar-refractivity contribution in [2.45, 2.75) is 45.8 Å². The Morgan fingerprint density at radius 3 is 2.75 bits per heavy atom. The molecule has 0 radical (unpaired) electrons. The Kier molecular flexibility index (Phi) is 4.81. The van der Waals surface area contributed by atoms with Gasteiger partial charge < -0.3 is 14.8 Å². The zero-order valence-electron chi connectivity index (χ0n) is 12.1. The second-order valence-corrected chi connectivity index (χ2v) is 4.93. The van der Waals surface area contributed by atoms with Gasteiger partial charge in [0.25, 0.3) is 6.43 Å². The third kappa shape index (κ3) is 3.03. The fourth-order valence-corrected chi connectivity index (χ4v) is 2.53. The van der Waals surface area contributed by atoms with E-state index in [-0.39, 0.29) is 6.10 Å². The maximum Gasteiger partial charge on any atom is 0.257 e. The van der Waals surface area contributed by atoms with E-state index in [0.717, 1.165) is 12.0 Å². The number of fused-ring (bicyclic) bond motifs is 1. The second-order valence-electron chi connectivity index (χ2n) is 4.93. The van der Waals surface area contributed by atoms with Crippen LogP contribution >= 0.6 is 0 Å². The van der Waals surface area contributed by atoms with E-state index < -0.39 is 12.5 Å². The molecule has 0 spiro atoms. The molecule has 20 heavy (non-hydrogen) atoms. The van der Waals surface area contributed by atoms with Crippen LogP contribution in [0.15, 0.2) is 12.1 Å². The summed E-state index contributed by atoms with van der Waals surface area (Å²) in [6.07, 6.45) is -1.62. The summed E-state index contributed by atoms with van der Waals surface area (Å²) in [5.41, 5.74) is 1.49. The van der Waals surface area contributed by atoms with E-state index in [4.69, 9.17) is 9.47 Å². The molecule has 1 aliphatic rings. The summed E-state index contributed by atoms with van der Waals surface area (Å²) in [5, 5.41) is 2.81. The summed E-state index contributed by atoms with van der Waals surface area (Å²) >= 11 is 0. The van der Waals surface area contributed by atoms with Crippen molar-refractivity contribution < 1.29 is 18.3 Å². The first kappa shape index (κ1) is 15.0. The van der Waals surface area contributed by atoms with Gasteiger partial charge in [0.1, 0.15) is 17.6 Å². The summed E-state index contributed by atoms with van der Waals surface area (Å²) in [6.45, 7) is 6.54. The van der Waals surface area contributed by atoms with Gasteiger partial charge in [-0.2, -0.15) is 0 Å². The number of hydrogen-bond acceptors (Lipinski definition) is 3. The van der Waals surface area contributed by atoms with E-state index in [1.165, 1.54) is 0 Å². The van der Waals surface area contributed by atoms with Gasteiger partial charge in [0.2, 0.25) is 0 Å².